The zero-order chi connectivity index (χ0) is 22.8. The van der Waals surface area contributed by atoms with Gasteiger partial charge in [-0.05, 0) is 5.92 Å². The number of nitrogens with two attached hydrogens (primary N) is 1. The highest BCUT2D eigenvalue weighted by molar-refractivity contribution is 7.80. The highest BCUT2D eigenvalue weighted by Gasteiger charge is 2.31. The van der Waals surface area contributed by atoms with Gasteiger partial charge in [0.05, 0.1) is 12.9 Å². The lowest BCUT2D eigenvalue weighted by atomic mass is 10.0. The van der Waals surface area contributed by atoms with Crippen molar-refractivity contribution in [1.29, 1.82) is 0 Å². The van der Waals surface area contributed by atoms with Crippen LogP contribution in [0, 0.1) is 5.92 Å². The van der Waals surface area contributed by atoms with Gasteiger partial charge in [0.2, 0.25) is 17.7 Å². The molecule has 0 radical (unpaired) electrons. The number of aromatic nitrogens is 2. The second kappa shape index (κ2) is 12.1. The van der Waals surface area contributed by atoms with E-state index in [1.54, 1.807) is 13.8 Å². The molecule has 8 N–H and O–H groups in total. The van der Waals surface area contributed by atoms with E-state index in [4.69, 9.17) is 10.8 Å². The Kier molecular flexibility index (Phi) is 10.3. The molecule has 1 rings (SSSR count). The normalized spacial score (nSPS) is 15.0. The summed E-state index contributed by atoms with van der Waals surface area (Å²) in [5.74, 6) is -3.85. The van der Waals surface area contributed by atoms with Gasteiger partial charge in [0.25, 0.3) is 0 Å². The fourth-order valence-electron chi connectivity index (χ4n) is 2.42. The minimum Gasteiger partial charge on any atom is -0.480 e. The summed E-state index contributed by atoms with van der Waals surface area (Å²) in [5, 5.41) is 25.6. The Morgan fingerprint density at radius 1 is 1.13 bits per heavy atom. The molecule has 3 amide bonds. The summed E-state index contributed by atoms with van der Waals surface area (Å²) in [7, 11) is 0. The molecule has 4 unspecified atom stereocenters. The molecule has 13 heteroatoms. The zero-order valence-corrected chi connectivity index (χ0v) is 17.6. The van der Waals surface area contributed by atoms with Crippen LogP contribution in [0.1, 0.15) is 19.5 Å². The van der Waals surface area contributed by atoms with E-state index < -0.39 is 54.5 Å². The van der Waals surface area contributed by atoms with E-state index in [0.717, 1.165) is 0 Å². The van der Waals surface area contributed by atoms with Gasteiger partial charge in [-0.15, -0.1) is 0 Å². The lowest BCUT2D eigenvalue weighted by Gasteiger charge is -2.26. The van der Waals surface area contributed by atoms with Crippen LogP contribution in [-0.2, 0) is 25.6 Å². The van der Waals surface area contributed by atoms with Crippen molar-refractivity contribution < 1.29 is 29.4 Å². The van der Waals surface area contributed by atoms with E-state index in [0.29, 0.717) is 5.69 Å². The Balaban J connectivity index is 2.83. The number of nitrogens with one attached hydrogen (secondary N) is 4. The molecule has 4 atom stereocenters. The molecule has 1 heterocycles. The molecule has 0 saturated carbocycles. The van der Waals surface area contributed by atoms with Crippen LogP contribution in [0.3, 0.4) is 0 Å². The van der Waals surface area contributed by atoms with Crippen LogP contribution in [0.15, 0.2) is 12.5 Å². The zero-order valence-electron chi connectivity index (χ0n) is 16.7. The van der Waals surface area contributed by atoms with Crippen LogP contribution in [-0.4, -0.2) is 80.4 Å². The lowest BCUT2D eigenvalue weighted by Crippen LogP contribution is -2.59. The van der Waals surface area contributed by atoms with Gasteiger partial charge < -0.3 is 36.9 Å². The third-order valence-electron chi connectivity index (χ3n) is 4.19. The first kappa shape index (κ1) is 25.4. The monoisotopic (exact) mass is 444 g/mol. The number of aliphatic carboxylic acids is 1. The molecule has 0 aliphatic carbocycles. The molecular formula is C17H28N6O6S. The molecule has 0 aliphatic rings. The number of nitrogens with zero attached hydrogens (tertiary/aromatic N) is 1. The minimum atomic E-state index is -1.25. The Morgan fingerprint density at radius 2 is 1.77 bits per heavy atom. The Morgan fingerprint density at radius 3 is 2.23 bits per heavy atom. The highest BCUT2D eigenvalue weighted by atomic mass is 32.1. The average Bonchev–Trinajstić information content (AvgIpc) is 3.21. The summed E-state index contributed by atoms with van der Waals surface area (Å²) < 4.78 is 0. The van der Waals surface area contributed by atoms with Gasteiger partial charge >= 0.3 is 5.97 Å². The van der Waals surface area contributed by atoms with Crippen LogP contribution in [0.2, 0.25) is 0 Å². The summed E-state index contributed by atoms with van der Waals surface area (Å²) in [6.45, 7) is 2.74. The molecule has 1 aromatic rings. The van der Waals surface area contributed by atoms with Gasteiger partial charge in [0, 0.05) is 24.1 Å². The molecule has 30 heavy (non-hydrogen) atoms. The van der Waals surface area contributed by atoms with Crippen LogP contribution < -0.4 is 21.7 Å². The number of carbonyl (C=O) groups is 4. The maximum absolute atomic E-state index is 12.7. The number of carbonyl (C=O) groups excluding carboxylic acids is 3. The van der Waals surface area contributed by atoms with Crippen molar-refractivity contribution >= 4 is 36.3 Å². The second-order valence-electron chi connectivity index (χ2n) is 6.94. The highest BCUT2D eigenvalue weighted by Crippen LogP contribution is 2.06. The van der Waals surface area contributed by atoms with Crippen molar-refractivity contribution in [2.75, 3.05) is 12.4 Å². The largest absolute Gasteiger partial charge is 0.480 e. The van der Waals surface area contributed by atoms with Crippen molar-refractivity contribution in [3.63, 3.8) is 0 Å². The maximum atomic E-state index is 12.7. The van der Waals surface area contributed by atoms with E-state index in [2.05, 4.69) is 38.5 Å². The third-order valence-corrected chi connectivity index (χ3v) is 4.55. The number of H-pyrrole nitrogens is 1. The predicted octanol–water partition coefficient (Wildman–Crippen LogP) is -2.60. The predicted molar refractivity (Wildman–Crippen MR) is 109 cm³/mol. The van der Waals surface area contributed by atoms with Gasteiger partial charge in [-0.2, -0.15) is 12.6 Å². The van der Waals surface area contributed by atoms with E-state index in [-0.39, 0.29) is 18.1 Å². The lowest BCUT2D eigenvalue weighted by molar-refractivity contribution is -0.142. The Bertz CT molecular complexity index is 728. The van der Waals surface area contributed by atoms with Crippen LogP contribution >= 0.6 is 12.6 Å². The van der Waals surface area contributed by atoms with Crippen LogP contribution in [0.5, 0.6) is 0 Å². The smallest absolute Gasteiger partial charge is 0.326 e. The van der Waals surface area contributed by atoms with Crippen molar-refractivity contribution in [3.8, 4) is 0 Å². The molecule has 0 spiro atoms. The van der Waals surface area contributed by atoms with Gasteiger partial charge in [-0.25, -0.2) is 9.78 Å². The number of thiol groups is 1. The first-order valence-electron chi connectivity index (χ1n) is 9.19. The molecule has 12 nitrogen and oxygen atoms in total. The molecule has 0 aliphatic heterocycles. The molecule has 168 valence electrons. The van der Waals surface area contributed by atoms with Crippen LogP contribution in [0.25, 0.3) is 0 Å². The first-order chi connectivity index (χ1) is 14.1. The fraction of sp³-hybridized carbons (Fsp3) is 0.588. The number of carboxylic acid groups (broad SMARTS) is 1. The van der Waals surface area contributed by atoms with E-state index in [1.165, 1.54) is 12.5 Å². The van der Waals surface area contributed by atoms with Gasteiger partial charge in [0.15, 0.2) is 0 Å². The molecular weight excluding hydrogens is 416 g/mol. The maximum Gasteiger partial charge on any atom is 0.326 e. The number of rotatable bonds is 12. The number of aliphatic hydroxyl groups is 1. The molecule has 0 bridgehead atoms. The standard InChI is InChI=1S/C17H28N6O6S/c1-8(2)13(23-15(26)12(6-30)22-14(25)10(18)5-24)16(27)21-11(17(28)29)3-9-4-19-7-20-9/h4,7-8,10-13,24,30H,3,5-6,18H2,1-2H3,(H,19,20)(H,21,27)(H,22,25)(H,23,26)(H,28,29). The fourth-order valence-corrected chi connectivity index (χ4v) is 2.68. The number of aromatic amines is 1. The minimum absolute atomic E-state index is 0.0196. The number of hydrogen-bond acceptors (Lipinski definition) is 8. The summed E-state index contributed by atoms with van der Waals surface area (Å²) in [6.07, 6.45) is 2.82. The number of aliphatic hydroxyl groups excluding tert-OH is 1. The SMILES string of the molecule is CC(C)C(NC(=O)C(CS)NC(=O)C(N)CO)C(=O)NC(Cc1cnc[nH]1)C(=O)O. The number of imidazole rings is 1. The molecule has 0 saturated heterocycles. The average molecular weight is 445 g/mol. The Hall–Kier alpha value is -2.64. The summed E-state index contributed by atoms with van der Waals surface area (Å²) in [6, 6.07) is -4.61. The third kappa shape index (κ3) is 7.65. The van der Waals surface area contributed by atoms with Crippen LogP contribution in [0.4, 0.5) is 0 Å². The summed E-state index contributed by atoms with van der Waals surface area (Å²) in [5.41, 5.74) is 5.93. The second-order valence-corrected chi connectivity index (χ2v) is 7.31. The van der Waals surface area contributed by atoms with Gasteiger partial charge in [0.1, 0.15) is 24.2 Å². The van der Waals surface area contributed by atoms with E-state index >= 15 is 0 Å². The Labute approximate surface area is 178 Å². The molecule has 1 aromatic heterocycles. The summed E-state index contributed by atoms with van der Waals surface area (Å²) >= 11 is 4.02. The number of carboxylic acids is 1. The van der Waals surface area contributed by atoms with E-state index in [1.807, 2.05) is 0 Å². The van der Waals surface area contributed by atoms with E-state index in [9.17, 15) is 24.3 Å². The van der Waals surface area contributed by atoms with Crippen molar-refractivity contribution in [2.45, 2.75) is 44.4 Å². The topological polar surface area (TPSA) is 200 Å². The van der Waals surface area contributed by atoms with Crippen molar-refractivity contribution in [1.82, 2.24) is 25.9 Å². The summed E-state index contributed by atoms with van der Waals surface area (Å²) in [4.78, 5) is 55.1. The van der Waals surface area contributed by atoms with Gasteiger partial charge in [-0.3, -0.25) is 14.4 Å². The van der Waals surface area contributed by atoms with Crippen molar-refractivity contribution in [3.05, 3.63) is 18.2 Å². The molecule has 0 aromatic carbocycles. The molecule has 0 fully saturated rings. The first-order valence-corrected chi connectivity index (χ1v) is 9.82. The number of hydrogen-bond donors (Lipinski definition) is 8. The van der Waals surface area contributed by atoms with Gasteiger partial charge in [-0.1, -0.05) is 13.8 Å². The number of amides is 3. The quantitative estimate of drug-likeness (QED) is 0.160. The van der Waals surface area contributed by atoms with Crippen molar-refractivity contribution in [2.24, 2.45) is 11.7 Å².